The van der Waals surface area contributed by atoms with Gasteiger partial charge in [-0.1, -0.05) is 20.8 Å². The Hall–Kier alpha value is -2.81. The van der Waals surface area contributed by atoms with Crippen LogP contribution in [0.3, 0.4) is 0 Å². The third kappa shape index (κ3) is 5.35. The minimum Gasteiger partial charge on any atom is -0.468 e. The first-order valence-corrected chi connectivity index (χ1v) is 9.01. The van der Waals surface area contributed by atoms with Crippen molar-refractivity contribution in [3.8, 4) is 5.95 Å². The Morgan fingerprint density at radius 3 is 2.25 bits per heavy atom. The first kappa shape index (κ1) is 21.5. The maximum atomic E-state index is 12.5. The third-order valence-electron chi connectivity index (χ3n) is 4.03. The Labute approximate surface area is 164 Å². The van der Waals surface area contributed by atoms with E-state index in [0.29, 0.717) is 17.5 Å². The number of aromatic nitrogens is 4. The number of carbonyl (C=O) groups is 2. The molecule has 0 spiro atoms. The lowest BCUT2D eigenvalue weighted by atomic mass is 9.87. The highest BCUT2D eigenvalue weighted by atomic mass is 16.5. The molecule has 0 aliphatic rings. The lowest BCUT2D eigenvalue weighted by molar-refractivity contribution is -0.146. The van der Waals surface area contributed by atoms with Gasteiger partial charge in [-0.3, -0.25) is 14.9 Å². The number of amides is 1. The Balaban J connectivity index is 2.15. The zero-order valence-corrected chi connectivity index (χ0v) is 17.5. The molecule has 0 radical (unpaired) electrons. The van der Waals surface area contributed by atoms with E-state index < -0.39 is 17.4 Å². The van der Waals surface area contributed by atoms with Crippen LogP contribution in [-0.4, -0.2) is 51.3 Å². The van der Waals surface area contributed by atoms with Crippen LogP contribution in [0, 0.1) is 26.2 Å². The van der Waals surface area contributed by atoms with Crippen LogP contribution in [0.2, 0.25) is 0 Å². The fourth-order valence-corrected chi connectivity index (χ4v) is 2.79. The van der Waals surface area contributed by atoms with E-state index in [9.17, 15) is 9.59 Å². The zero-order valence-electron chi connectivity index (χ0n) is 17.5. The summed E-state index contributed by atoms with van der Waals surface area (Å²) >= 11 is 0. The average molecular weight is 388 g/mol. The average Bonchev–Trinajstić information content (AvgIpc) is 2.92. The second-order valence-electron chi connectivity index (χ2n) is 7.78. The molecule has 0 aromatic carbocycles. The van der Waals surface area contributed by atoms with Gasteiger partial charge in [-0.05, 0) is 32.3 Å². The minimum atomic E-state index is -0.613. The lowest BCUT2D eigenvalue weighted by Crippen LogP contribution is -2.49. The maximum absolute atomic E-state index is 12.5. The summed E-state index contributed by atoms with van der Waals surface area (Å²) in [5, 5.41) is 10.1. The monoisotopic (exact) mass is 388 g/mol. The van der Waals surface area contributed by atoms with E-state index in [0.717, 1.165) is 11.4 Å². The number of carbonyl (C=O) groups excluding carboxylic acids is 2. The highest BCUT2D eigenvalue weighted by Crippen LogP contribution is 2.20. The number of anilines is 1. The molecule has 0 bridgehead atoms. The van der Waals surface area contributed by atoms with Gasteiger partial charge in [0.05, 0.1) is 19.3 Å². The topological polar surface area (TPSA) is 111 Å². The molecule has 9 nitrogen and oxygen atoms in total. The number of hydrogen-bond donors (Lipinski definition) is 2. The Bertz CT molecular complexity index is 849. The molecule has 0 aliphatic heterocycles. The summed E-state index contributed by atoms with van der Waals surface area (Å²) in [7, 11) is 1.33. The van der Waals surface area contributed by atoms with Crippen molar-refractivity contribution in [2.45, 2.75) is 47.6 Å². The molecule has 2 aromatic rings. The van der Waals surface area contributed by atoms with E-state index in [1.807, 2.05) is 47.6 Å². The molecule has 2 aromatic heterocycles. The van der Waals surface area contributed by atoms with Crippen LogP contribution >= 0.6 is 0 Å². The van der Waals surface area contributed by atoms with Crippen molar-refractivity contribution in [1.29, 1.82) is 0 Å². The lowest BCUT2D eigenvalue weighted by Gasteiger charge is -2.28. The van der Waals surface area contributed by atoms with E-state index in [1.165, 1.54) is 11.8 Å². The van der Waals surface area contributed by atoms with Gasteiger partial charge in [-0.2, -0.15) is 9.78 Å². The van der Waals surface area contributed by atoms with E-state index in [1.54, 1.807) is 6.07 Å². The van der Waals surface area contributed by atoms with Gasteiger partial charge in [-0.15, -0.1) is 0 Å². The summed E-state index contributed by atoms with van der Waals surface area (Å²) in [6.45, 7) is 11.2. The van der Waals surface area contributed by atoms with Crippen LogP contribution in [-0.2, 0) is 14.3 Å². The molecular weight excluding hydrogens is 360 g/mol. The summed E-state index contributed by atoms with van der Waals surface area (Å²) in [4.78, 5) is 33.2. The molecule has 9 heteroatoms. The molecular formula is C19H28N6O3. The number of nitrogens with zero attached hydrogens (tertiary/aromatic N) is 4. The Morgan fingerprint density at radius 1 is 1.11 bits per heavy atom. The predicted octanol–water partition coefficient (Wildman–Crippen LogP) is 1.70. The number of aryl methyl sites for hydroxylation is 3. The normalized spacial score (nSPS) is 12.5. The fourth-order valence-electron chi connectivity index (χ4n) is 2.79. The van der Waals surface area contributed by atoms with Crippen molar-refractivity contribution in [3.63, 3.8) is 0 Å². The van der Waals surface area contributed by atoms with Crippen LogP contribution in [0.1, 0.15) is 37.9 Å². The molecule has 1 atom stereocenters. The predicted molar refractivity (Wildman–Crippen MR) is 105 cm³/mol. The molecule has 2 rings (SSSR count). The first-order valence-electron chi connectivity index (χ1n) is 9.01. The minimum absolute atomic E-state index is 0.0605. The molecule has 2 N–H and O–H groups in total. The second-order valence-corrected chi connectivity index (χ2v) is 7.78. The molecule has 0 fully saturated rings. The Morgan fingerprint density at radius 2 is 1.71 bits per heavy atom. The maximum Gasteiger partial charge on any atom is 0.323 e. The van der Waals surface area contributed by atoms with E-state index in [-0.39, 0.29) is 12.5 Å². The van der Waals surface area contributed by atoms with Gasteiger partial charge < -0.3 is 10.1 Å². The van der Waals surface area contributed by atoms with Crippen LogP contribution in [0.5, 0.6) is 0 Å². The summed E-state index contributed by atoms with van der Waals surface area (Å²) < 4.78 is 6.32. The fraction of sp³-hybridized carbons (Fsp3) is 0.526. The molecule has 0 aliphatic carbocycles. The molecule has 0 saturated heterocycles. The molecule has 0 unspecified atom stereocenters. The first-order chi connectivity index (χ1) is 13.0. The highest BCUT2D eigenvalue weighted by Gasteiger charge is 2.32. The summed E-state index contributed by atoms with van der Waals surface area (Å²) in [6, 6.07) is 2.99. The van der Waals surface area contributed by atoms with E-state index >= 15 is 0 Å². The standard InChI is InChI=1S/C19H28N6O3/c1-11-8-12(2)22-18(21-11)25-14(9-13(3)24-25)23-15(26)10-20-16(17(27)28-7)19(4,5)6/h8-9,16,20H,10H2,1-7H3,(H,23,26)/t16-/m0/s1. The van der Waals surface area contributed by atoms with Crippen molar-refractivity contribution in [3.05, 3.63) is 29.2 Å². The quantitative estimate of drug-likeness (QED) is 0.725. The number of ether oxygens (including phenoxy) is 1. The van der Waals surface area contributed by atoms with Crippen molar-refractivity contribution >= 4 is 17.7 Å². The number of hydrogen-bond acceptors (Lipinski definition) is 7. The molecule has 152 valence electrons. The highest BCUT2D eigenvalue weighted by molar-refractivity contribution is 5.92. The van der Waals surface area contributed by atoms with Gasteiger partial charge in [0.1, 0.15) is 11.9 Å². The van der Waals surface area contributed by atoms with Crippen LogP contribution in [0.15, 0.2) is 12.1 Å². The third-order valence-corrected chi connectivity index (χ3v) is 4.03. The van der Waals surface area contributed by atoms with Crippen molar-refractivity contribution in [1.82, 2.24) is 25.1 Å². The van der Waals surface area contributed by atoms with Gasteiger partial charge in [0.2, 0.25) is 5.91 Å². The molecule has 2 heterocycles. The van der Waals surface area contributed by atoms with Crippen molar-refractivity contribution < 1.29 is 14.3 Å². The van der Waals surface area contributed by atoms with Crippen LogP contribution in [0.4, 0.5) is 5.82 Å². The van der Waals surface area contributed by atoms with Crippen LogP contribution < -0.4 is 10.6 Å². The smallest absolute Gasteiger partial charge is 0.323 e. The van der Waals surface area contributed by atoms with Gasteiger partial charge in [0.25, 0.3) is 5.95 Å². The number of methoxy groups -OCH3 is 1. The van der Waals surface area contributed by atoms with Crippen LogP contribution in [0.25, 0.3) is 5.95 Å². The number of nitrogens with one attached hydrogen (secondary N) is 2. The number of rotatable bonds is 6. The van der Waals surface area contributed by atoms with Gasteiger partial charge in [0.15, 0.2) is 0 Å². The SMILES string of the molecule is COC(=O)[C@H](NCC(=O)Nc1cc(C)nn1-c1nc(C)cc(C)n1)C(C)(C)C. The summed E-state index contributed by atoms with van der Waals surface area (Å²) in [5.41, 5.74) is 1.92. The van der Waals surface area contributed by atoms with Gasteiger partial charge in [0, 0.05) is 17.5 Å². The molecule has 0 saturated carbocycles. The van der Waals surface area contributed by atoms with Gasteiger partial charge in [-0.25, -0.2) is 9.97 Å². The number of esters is 1. The summed E-state index contributed by atoms with van der Waals surface area (Å²) in [6.07, 6.45) is 0. The van der Waals surface area contributed by atoms with E-state index in [2.05, 4.69) is 25.7 Å². The zero-order chi connectivity index (χ0) is 21.1. The van der Waals surface area contributed by atoms with Crippen molar-refractivity contribution in [2.24, 2.45) is 5.41 Å². The molecule has 1 amide bonds. The van der Waals surface area contributed by atoms with Crippen molar-refractivity contribution in [2.75, 3.05) is 19.0 Å². The second kappa shape index (κ2) is 8.47. The molecule has 28 heavy (non-hydrogen) atoms. The summed E-state index contributed by atoms with van der Waals surface area (Å²) in [5.74, 6) is 0.115. The largest absolute Gasteiger partial charge is 0.468 e. The Kier molecular flexibility index (Phi) is 6.50. The van der Waals surface area contributed by atoms with Gasteiger partial charge >= 0.3 is 5.97 Å². The van der Waals surface area contributed by atoms with E-state index in [4.69, 9.17) is 4.74 Å².